The number of hydrogen-bond acceptors (Lipinski definition) is 3. The average Bonchev–Trinajstić information content (AvgIpc) is 2.41. The van der Waals surface area contributed by atoms with Gasteiger partial charge in [-0.05, 0) is 18.2 Å². The highest BCUT2D eigenvalue weighted by Gasteiger charge is 2.17. The van der Waals surface area contributed by atoms with Crippen molar-refractivity contribution >= 4 is 11.6 Å². The third-order valence-electron chi connectivity index (χ3n) is 2.78. The van der Waals surface area contributed by atoms with E-state index in [-0.39, 0.29) is 5.56 Å². The SMILES string of the molecule is COCc1ccccc1NC(=O)c1c(O)cccc1F. The minimum absolute atomic E-state index is 0.319. The van der Waals surface area contributed by atoms with Crippen LogP contribution < -0.4 is 5.32 Å². The lowest BCUT2D eigenvalue weighted by Gasteiger charge is -2.11. The Morgan fingerprint density at radius 2 is 2.00 bits per heavy atom. The van der Waals surface area contributed by atoms with Crippen LogP contribution in [0, 0.1) is 5.82 Å². The Morgan fingerprint density at radius 1 is 1.25 bits per heavy atom. The zero-order valence-electron chi connectivity index (χ0n) is 10.9. The van der Waals surface area contributed by atoms with Gasteiger partial charge >= 0.3 is 0 Å². The van der Waals surface area contributed by atoms with E-state index in [1.165, 1.54) is 12.1 Å². The summed E-state index contributed by atoms with van der Waals surface area (Å²) in [6.45, 7) is 0.319. The van der Waals surface area contributed by atoms with Crippen LogP contribution in [0.5, 0.6) is 5.75 Å². The third kappa shape index (κ3) is 2.95. The number of carbonyl (C=O) groups excluding carboxylic acids is 1. The lowest BCUT2D eigenvalue weighted by molar-refractivity contribution is 0.102. The summed E-state index contributed by atoms with van der Waals surface area (Å²) in [4.78, 5) is 12.1. The first-order valence-corrected chi connectivity index (χ1v) is 5.99. The van der Waals surface area contributed by atoms with Crippen LogP contribution in [0.25, 0.3) is 0 Å². The molecule has 0 unspecified atom stereocenters. The number of hydrogen-bond donors (Lipinski definition) is 2. The van der Waals surface area contributed by atoms with Gasteiger partial charge in [-0.3, -0.25) is 4.79 Å². The van der Waals surface area contributed by atoms with Gasteiger partial charge in [0.1, 0.15) is 17.1 Å². The Hall–Kier alpha value is -2.40. The van der Waals surface area contributed by atoms with Gasteiger partial charge in [-0.1, -0.05) is 24.3 Å². The van der Waals surface area contributed by atoms with Gasteiger partial charge in [-0.25, -0.2) is 4.39 Å². The number of amides is 1. The van der Waals surface area contributed by atoms with E-state index in [2.05, 4.69) is 5.32 Å². The predicted molar refractivity (Wildman–Crippen MR) is 73.2 cm³/mol. The molecule has 0 aliphatic carbocycles. The van der Waals surface area contributed by atoms with Gasteiger partial charge in [-0.15, -0.1) is 0 Å². The number of halogens is 1. The summed E-state index contributed by atoms with van der Waals surface area (Å²) < 4.78 is 18.6. The molecule has 0 aliphatic heterocycles. The molecule has 0 saturated carbocycles. The van der Waals surface area contributed by atoms with Crippen molar-refractivity contribution in [1.29, 1.82) is 0 Å². The van der Waals surface area contributed by atoms with Crippen LogP contribution in [0.3, 0.4) is 0 Å². The summed E-state index contributed by atoms with van der Waals surface area (Å²) in [5, 5.41) is 12.2. The number of benzene rings is 2. The van der Waals surface area contributed by atoms with Crippen molar-refractivity contribution in [3.05, 3.63) is 59.4 Å². The number of methoxy groups -OCH3 is 1. The third-order valence-corrected chi connectivity index (χ3v) is 2.78. The van der Waals surface area contributed by atoms with Crippen molar-refractivity contribution in [3.8, 4) is 5.75 Å². The fourth-order valence-corrected chi connectivity index (χ4v) is 1.85. The van der Waals surface area contributed by atoms with Crippen LogP contribution in [-0.4, -0.2) is 18.1 Å². The molecule has 0 radical (unpaired) electrons. The molecule has 0 aliphatic rings. The van der Waals surface area contributed by atoms with Crippen LogP contribution in [0.15, 0.2) is 42.5 Å². The minimum Gasteiger partial charge on any atom is -0.507 e. The first kappa shape index (κ1) is 14.0. The Kier molecular flexibility index (Phi) is 4.32. The normalized spacial score (nSPS) is 10.3. The minimum atomic E-state index is -0.772. The molecule has 0 saturated heterocycles. The van der Waals surface area contributed by atoms with Crippen LogP contribution >= 0.6 is 0 Å². The molecule has 0 atom stereocenters. The Morgan fingerprint density at radius 3 is 2.70 bits per heavy atom. The quantitative estimate of drug-likeness (QED) is 0.902. The summed E-state index contributed by atoms with van der Waals surface area (Å²) in [6, 6.07) is 10.8. The van der Waals surface area contributed by atoms with Crippen LogP contribution in [0.1, 0.15) is 15.9 Å². The molecule has 2 rings (SSSR count). The summed E-state index contributed by atoms with van der Waals surface area (Å²) in [6.07, 6.45) is 0. The Balaban J connectivity index is 2.28. The summed E-state index contributed by atoms with van der Waals surface area (Å²) >= 11 is 0. The largest absolute Gasteiger partial charge is 0.507 e. The maximum absolute atomic E-state index is 13.6. The number of phenolic OH excluding ortho intramolecular Hbond substituents is 1. The number of phenols is 1. The zero-order valence-corrected chi connectivity index (χ0v) is 10.9. The summed E-state index contributed by atoms with van der Waals surface area (Å²) in [5.74, 6) is -1.87. The van der Waals surface area contributed by atoms with Crippen molar-refractivity contribution < 1.29 is 19.0 Å². The second-order valence-corrected chi connectivity index (χ2v) is 4.18. The fraction of sp³-hybridized carbons (Fsp3) is 0.133. The molecule has 2 aromatic carbocycles. The van der Waals surface area contributed by atoms with Gasteiger partial charge in [0.15, 0.2) is 0 Å². The van der Waals surface area contributed by atoms with Crippen molar-refractivity contribution in [1.82, 2.24) is 0 Å². The van der Waals surface area contributed by atoms with Gasteiger partial charge < -0.3 is 15.2 Å². The van der Waals surface area contributed by atoms with E-state index in [1.54, 1.807) is 25.3 Å². The zero-order chi connectivity index (χ0) is 14.5. The number of carbonyl (C=O) groups is 1. The Bertz CT molecular complexity index is 608. The maximum atomic E-state index is 13.6. The molecule has 2 N–H and O–H groups in total. The molecule has 4 nitrogen and oxygen atoms in total. The number of ether oxygens (including phenoxy) is 1. The smallest absolute Gasteiger partial charge is 0.262 e. The molecule has 0 spiro atoms. The highest BCUT2D eigenvalue weighted by molar-refractivity contribution is 6.06. The molecule has 0 heterocycles. The van der Waals surface area contributed by atoms with Gasteiger partial charge in [-0.2, -0.15) is 0 Å². The Labute approximate surface area is 115 Å². The van der Waals surface area contributed by atoms with Gasteiger partial charge in [0.25, 0.3) is 5.91 Å². The number of anilines is 1. The van der Waals surface area contributed by atoms with Crippen molar-refractivity contribution in [2.45, 2.75) is 6.61 Å². The second kappa shape index (κ2) is 6.16. The first-order chi connectivity index (χ1) is 9.63. The van der Waals surface area contributed by atoms with Gasteiger partial charge in [0, 0.05) is 18.4 Å². The van der Waals surface area contributed by atoms with Crippen LogP contribution in [0.2, 0.25) is 0 Å². The van der Waals surface area contributed by atoms with E-state index in [1.807, 2.05) is 6.07 Å². The first-order valence-electron chi connectivity index (χ1n) is 5.99. The molecule has 104 valence electrons. The van der Waals surface area contributed by atoms with E-state index >= 15 is 0 Å². The standard InChI is InChI=1S/C15H14FNO3/c1-20-9-10-5-2-3-7-12(10)17-15(19)14-11(16)6-4-8-13(14)18/h2-8,18H,9H2,1H3,(H,17,19). The van der Waals surface area contributed by atoms with E-state index in [0.717, 1.165) is 11.6 Å². The van der Waals surface area contributed by atoms with E-state index < -0.39 is 17.5 Å². The highest BCUT2D eigenvalue weighted by Crippen LogP contribution is 2.23. The fourth-order valence-electron chi connectivity index (χ4n) is 1.85. The monoisotopic (exact) mass is 275 g/mol. The topological polar surface area (TPSA) is 58.6 Å². The number of aromatic hydroxyl groups is 1. The lowest BCUT2D eigenvalue weighted by Crippen LogP contribution is -2.15. The second-order valence-electron chi connectivity index (χ2n) is 4.18. The predicted octanol–water partition coefficient (Wildman–Crippen LogP) is 2.93. The van der Waals surface area contributed by atoms with Crippen molar-refractivity contribution in [2.24, 2.45) is 0 Å². The molecule has 0 bridgehead atoms. The van der Waals surface area contributed by atoms with E-state index in [4.69, 9.17) is 4.74 Å². The molecule has 0 fully saturated rings. The van der Waals surface area contributed by atoms with Gasteiger partial charge in [0.05, 0.1) is 6.61 Å². The summed E-state index contributed by atoms with van der Waals surface area (Å²) in [5.41, 5.74) is 0.904. The van der Waals surface area contributed by atoms with E-state index in [0.29, 0.717) is 12.3 Å². The van der Waals surface area contributed by atoms with Crippen LogP contribution in [0.4, 0.5) is 10.1 Å². The summed E-state index contributed by atoms with van der Waals surface area (Å²) in [7, 11) is 1.54. The van der Waals surface area contributed by atoms with Gasteiger partial charge in [0.2, 0.25) is 0 Å². The number of para-hydroxylation sites is 1. The highest BCUT2D eigenvalue weighted by atomic mass is 19.1. The molecule has 1 amide bonds. The number of nitrogens with one attached hydrogen (secondary N) is 1. The van der Waals surface area contributed by atoms with E-state index in [9.17, 15) is 14.3 Å². The van der Waals surface area contributed by atoms with Crippen molar-refractivity contribution in [2.75, 3.05) is 12.4 Å². The molecular formula is C15H14FNO3. The molecule has 2 aromatic rings. The lowest BCUT2D eigenvalue weighted by atomic mass is 10.1. The molecule has 20 heavy (non-hydrogen) atoms. The maximum Gasteiger partial charge on any atom is 0.262 e. The average molecular weight is 275 g/mol. The number of rotatable bonds is 4. The van der Waals surface area contributed by atoms with Crippen LogP contribution in [-0.2, 0) is 11.3 Å². The van der Waals surface area contributed by atoms with Crippen molar-refractivity contribution in [3.63, 3.8) is 0 Å². The molecule has 5 heteroatoms. The molecular weight excluding hydrogens is 261 g/mol. The molecule has 0 aromatic heterocycles.